The number of hydrogen-bond acceptors (Lipinski definition) is 3. The van der Waals surface area contributed by atoms with Crippen LogP contribution in [0.3, 0.4) is 0 Å². The Morgan fingerprint density at radius 3 is 2.30 bits per heavy atom. The van der Waals surface area contributed by atoms with Gasteiger partial charge in [-0.25, -0.2) is 4.39 Å². The number of amides is 2. The Bertz CT molecular complexity index is 699. The van der Waals surface area contributed by atoms with Gasteiger partial charge in [-0.05, 0) is 36.2 Å². The summed E-state index contributed by atoms with van der Waals surface area (Å²) in [5.41, 5.74) is 1.04. The largest absolute Gasteiger partial charge is 0.352 e. The second-order valence-corrected chi connectivity index (χ2v) is 5.53. The number of hydrogen-bond donors (Lipinski definition) is 2. The average Bonchev–Trinajstić information content (AvgIpc) is 2.54. The zero-order valence-corrected chi connectivity index (χ0v) is 13.0. The van der Waals surface area contributed by atoms with E-state index in [0.717, 1.165) is 0 Å². The smallest absolute Gasteiger partial charge is 0.257 e. The predicted molar refractivity (Wildman–Crippen MR) is 85.8 cm³/mol. The van der Waals surface area contributed by atoms with Crippen molar-refractivity contribution in [2.45, 2.75) is 13.8 Å². The molecule has 0 spiro atoms. The number of aromatic nitrogens is 1. The number of carbonyl (C=O) groups excluding carboxylic acids is 2. The van der Waals surface area contributed by atoms with Crippen LogP contribution in [0.5, 0.6) is 0 Å². The minimum absolute atomic E-state index is 0.256. The molecule has 2 amide bonds. The summed E-state index contributed by atoms with van der Waals surface area (Å²) in [5, 5.41) is 5.39. The van der Waals surface area contributed by atoms with E-state index in [4.69, 9.17) is 0 Å². The van der Waals surface area contributed by atoms with Gasteiger partial charge in [0, 0.05) is 24.6 Å². The van der Waals surface area contributed by atoms with Crippen LogP contribution in [-0.4, -0.2) is 23.3 Å². The molecule has 1 aromatic heterocycles. The molecule has 0 atom stereocenters. The van der Waals surface area contributed by atoms with Crippen LogP contribution in [0.15, 0.2) is 42.7 Å². The second kappa shape index (κ2) is 7.49. The fraction of sp³-hybridized carbons (Fsp3) is 0.235. The van der Waals surface area contributed by atoms with Crippen LogP contribution >= 0.6 is 0 Å². The van der Waals surface area contributed by atoms with E-state index in [1.807, 2.05) is 13.8 Å². The van der Waals surface area contributed by atoms with Gasteiger partial charge in [0.25, 0.3) is 11.8 Å². The maximum Gasteiger partial charge on any atom is 0.257 e. The van der Waals surface area contributed by atoms with Gasteiger partial charge in [-0.3, -0.25) is 14.6 Å². The number of rotatable bonds is 5. The minimum Gasteiger partial charge on any atom is -0.352 e. The van der Waals surface area contributed by atoms with Gasteiger partial charge >= 0.3 is 0 Å². The Morgan fingerprint density at radius 1 is 1.09 bits per heavy atom. The first kappa shape index (κ1) is 16.6. The monoisotopic (exact) mass is 315 g/mol. The molecule has 0 aliphatic carbocycles. The van der Waals surface area contributed by atoms with Crippen molar-refractivity contribution in [3.05, 3.63) is 59.7 Å². The molecule has 0 radical (unpaired) electrons. The fourth-order valence-corrected chi connectivity index (χ4v) is 1.82. The van der Waals surface area contributed by atoms with Crippen molar-refractivity contribution in [2.24, 2.45) is 5.92 Å². The van der Waals surface area contributed by atoms with Gasteiger partial charge in [0.15, 0.2) is 0 Å². The van der Waals surface area contributed by atoms with E-state index in [0.29, 0.717) is 23.7 Å². The molecule has 1 aromatic carbocycles. The molecule has 2 aromatic rings. The molecule has 0 saturated carbocycles. The van der Waals surface area contributed by atoms with Crippen molar-refractivity contribution in [1.82, 2.24) is 10.3 Å². The number of carbonyl (C=O) groups is 2. The molecule has 5 nitrogen and oxygen atoms in total. The first-order chi connectivity index (χ1) is 11.0. The Balaban J connectivity index is 2.07. The summed E-state index contributed by atoms with van der Waals surface area (Å²) in [6.07, 6.45) is 2.78. The highest BCUT2D eigenvalue weighted by molar-refractivity contribution is 6.05. The lowest BCUT2D eigenvalue weighted by Crippen LogP contribution is -2.27. The third kappa shape index (κ3) is 4.88. The van der Waals surface area contributed by atoms with Gasteiger partial charge < -0.3 is 10.6 Å². The number of pyridine rings is 1. The van der Waals surface area contributed by atoms with Gasteiger partial charge in [-0.15, -0.1) is 0 Å². The Hall–Kier alpha value is -2.76. The lowest BCUT2D eigenvalue weighted by molar-refractivity contribution is 0.0948. The van der Waals surface area contributed by atoms with Gasteiger partial charge in [0.1, 0.15) is 5.82 Å². The van der Waals surface area contributed by atoms with Crippen molar-refractivity contribution in [3.8, 4) is 0 Å². The van der Waals surface area contributed by atoms with Gasteiger partial charge in [0.05, 0.1) is 11.1 Å². The third-order valence-corrected chi connectivity index (χ3v) is 3.04. The van der Waals surface area contributed by atoms with E-state index in [-0.39, 0.29) is 17.3 Å². The standard InChI is InChI=1S/C17H18FN3O2/c1-11(2)8-20-16(22)12-7-13(10-19-9-12)17(23)21-15-5-3-14(18)4-6-15/h3-7,9-11H,8H2,1-2H3,(H,20,22)(H,21,23). The number of benzene rings is 1. The first-order valence-corrected chi connectivity index (χ1v) is 7.26. The van der Waals surface area contributed by atoms with Crippen LogP contribution in [-0.2, 0) is 0 Å². The lowest BCUT2D eigenvalue weighted by atomic mass is 10.1. The Morgan fingerprint density at radius 2 is 1.70 bits per heavy atom. The summed E-state index contributed by atoms with van der Waals surface area (Å²) in [6, 6.07) is 6.90. The molecule has 0 saturated heterocycles. The van der Waals surface area contributed by atoms with Crippen molar-refractivity contribution >= 4 is 17.5 Å². The fourth-order valence-electron chi connectivity index (χ4n) is 1.82. The van der Waals surface area contributed by atoms with Gasteiger partial charge in [-0.2, -0.15) is 0 Å². The van der Waals surface area contributed by atoms with E-state index in [9.17, 15) is 14.0 Å². The van der Waals surface area contributed by atoms with Gasteiger partial charge in [0.2, 0.25) is 0 Å². The van der Waals surface area contributed by atoms with Crippen molar-refractivity contribution in [3.63, 3.8) is 0 Å². The highest BCUT2D eigenvalue weighted by atomic mass is 19.1. The molecule has 0 unspecified atom stereocenters. The molecule has 2 N–H and O–H groups in total. The SMILES string of the molecule is CC(C)CNC(=O)c1cncc(C(=O)Nc2ccc(F)cc2)c1. The molecule has 2 rings (SSSR count). The van der Waals surface area contributed by atoms with E-state index in [1.54, 1.807) is 0 Å². The zero-order chi connectivity index (χ0) is 16.8. The Labute approximate surface area is 133 Å². The average molecular weight is 315 g/mol. The molecule has 1 heterocycles. The second-order valence-electron chi connectivity index (χ2n) is 5.53. The quantitative estimate of drug-likeness (QED) is 0.891. The van der Waals surface area contributed by atoms with E-state index < -0.39 is 5.91 Å². The van der Waals surface area contributed by atoms with E-state index in [1.165, 1.54) is 42.7 Å². The number of nitrogens with one attached hydrogen (secondary N) is 2. The van der Waals surface area contributed by atoms with Crippen LogP contribution in [0.4, 0.5) is 10.1 Å². The van der Waals surface area contributed by atoms with Crippen LogP contribution < -0.4 is 10.6 Å². The van der Waals surface area contributed by atoms with Crippen LogP contribution in [0.25, 0.3) is 0 Å². The molecule has 120 valence electrons. The third-order valence-electron chi connectivity index (χ3n) is 3.04. The summed E-state index contributed by atoms with van der Waals surface area (Å²) < 4.78 is 12.9. The molecule has 0 fully saturated rings. The molecule has 6 heteroatoms. The summed E-state index contributed by atoms with van der Waals surface area (Å²) in [7, 11) is 0. The van der Waals surface area contributed by atoms with Gasteiger partial charge in [-0.1, -0.05) is 13.8 Å². The molecule has 23 heavy (non-hydrogen) atoms. The molecular formula is C17H18FN3O2. The molecular weight excluding hydrogens is 297 g/mol. The summed E-state index contributed by atoms with van der Waals surface area (Å²) in [6.45, 7) is 4.53. The Kier molecular flexibility index (Phi) is 5.41. The summed E-state index contributed by atoms with van der Waals surface area (Å²) in [5.74, 6) is -0.740. The maximum absolute atomic E-state index is 12.9. The van der Waals surface area contributed by atoms with Crippen molar-refractivity contribution in [1.29, 1.82) is 0 Å². The molecule has 0 aliphatic rings. The van der Waals surface area contributed by atoms with E-state index >= 15 is 0 Å². The highest BCUT2D eigenvalue weighted by Gasteiger charge is 2.12. The summed E-state index contributed by atoms with van der Waals surface area (Å²) >= 11 is 0. The van der Waals surface area contributed by atoms with Crippen LogP contribution in [0.2, 0.25) is 0 Å². The molecule has 0 aliphatic heterocycles. The van der Waals surface area contributed by atoms with Crippen molar-refractivity contribution in [2.75, 3.05) is 11.9 Å². The minimum atomic E-state index is -0.414. The predicted octanol–water partition coefficient (Wildman–Crippen LogP) is 2.86. The normalized spacial score (nSPS) is 10.4. The van der Waals surface area contributed by atoms with Crippen LogP contribution in [0.1, 0.15) is 34.6 Å². The summed E-state index contributed by atoms with van der Waals surface area (Å²) in [4.78, 5) is 28.1. The zero-order valence-electron chi connectivity index (χ0n) is 13.0. The maximum atomic E-state index is 12.9. The first-order valence-electron chi connectivity index (χ1n) is 7.26. The highest BCUT2D eigenvalue weighted by Crippen LogP contribution is 2.11. The molecule has 0 bridgehead atoms. The number of halogens is 1. The van der Waals surface area contributed by atoms with Crippen LogP contribution in [0, 0.1) is 11.7 Å². The lowest BCUT2D eigenvalue weighted by Gasteiger charge is -2.09. The number of nitrogens with zero attached hydrogens (tertiary/aromatic N) is 1. The topological polar surface area (TPSA) is 71.1 Å². The van der Waals surface area contributed by atoms with E-state index in [2.05, 4.69) is 15.6 Å². The van der Waals surface area contributed by atoms with Crippen molar-refractivity contribution < 1.29 is 14.0 Å². The number of anilines is 1.